The molecule has 3 nitrogen and oxygen atoms in total. The molecule has 0 radical (unpaired) electrons. The van der Waals surface area contributed by atoms with Crippen LogP contribution in [0.15, 0.2) is 17.8 Å². The molecule has 0 aliphatic carbocycles. The molecule has 0 unspecified atom stereocenters. The molecule has 0 aromatic heterocycles. The average molecular weight is 128 g/mol. The Balaban J connectivity index is 3.96. The molecule has 0 saturated heterocycles. The van der Waals surface area contributed by atoms with Gasteiger partial charge in [-0.05, 0) is 0 Å². The highest BCUT2D eigenvalue weighted by molar-refractivity contribution is 5.73. The van der Waals surface area contributed by atoms with Crippen molar-refractivity contribution in [3.63, 3.8) is 0 Å². The van der Waals surface area contributed by atoms with Crippen LogP contribution in [0.4, 0.5) is 0 Å². The fourth-order valence-electron chi connectivity index (χ4n) is 0.429. The zero-order valence-electron chi connectivity index (χ0n) is 6.09. The molecule has 0 heterocycles. The second kappa shape index (κ2) is 3.95. The van der Waals surface area contributed by atoms with Gasteiger partial charge in [0.25, 0.3) is 6.02 Å². The molecule has 0 bridgehead atoms. The molecular formula is C6H12N2O. The largest absolute Gasteiger partial charge is 0.468 e. The van der Waals surface area contributed by atoms with Crippen LogP contribution in [0, 0.1) is 0 Å². The van der Waals surface area contributed by atoms with Crippen LogP contribution >= 0.6 is 0 Å². The molecule has 0 amide bonds. The van der Waals surface area contributed by atoms with E-state index in [-0.39, 0.29) is 0 Å². The number of aliphatic imine (C=N–C) groups is 1. The van der Waals surface area contributed by atoms with E-state index in [0.29, 0.717) is 6.02 Å². The van der Waals surface area contributed by atoms with E-state index >= 15 is 0 Å². The Hall–Kier alpha value is -0.990. The Labute approximate surface area is 55.6 Å². The molecule has 0 atom stereocenters. The zero-order valence-corrected chi connectivity index (χ0v) is 6.09. The van der Waals surface area contributed by atoms with Crippen LogP contribution in [-0.4, -0.2) is 32.1 Å². The molecule has 0 fully saturated rings. The lowest BCUT2D eigenvalue weighted by atomic mass is 10.8. The van der Waals surface area contributed by atoms with Crippen LogP contribution in [0.5, 0.6) is 0 Å². The van der Waals surface area contributed by atoms with E-state index in [1.165, 1.54) is 6.20 Å². The Morgan fingerprint density at radius 2 is 2.22 bits per heavy atom. The van der Waals surface area contributed by atoms with Crippen molar-refractivity contribution in [2.75, 3.05) is 21.2 Å². The van der Waals surface area contributed by atoms with Gasteiger partial charge in [0.05, 0.1) is 7.11 Å². The number of ether oxygens (including phenoxy) is 1. The molecule has 52 valence electrons. The first-order valence-electron chi connectivity index (χ1n) is 2.62. The van der Waals surface area contributed by atoms with E-state index in [1.54, 1.807) is 12.0 Å². The van der Waals surface area contributed by atoms with Crippen LogP contribution in [0.25, 0.3) is 0 Å². The van der Waals surface area contributed by atoms with Gasteiger partial charge >= 0.3 is 0 Å². The Bertz CT molecular complexity index is 118. The van der Waals surface area contributed by atoms with Crippen molar-refractivity contribution in [1.29, 1.82) is 0 Å². The van der Waals surface area contributed by atoms with Crippen molar-refractivity contribution in [2.24, 2.45) is 4.99 Å². The summed E-state index contributed by atoms with van der Waals surface area (Å²) in [7, 11) is 5.28. The molecule has 0 rings (SSSR count). The number of rotatable bonds is 1. The number of amidine groups is 1. The fourth-order valence-corrected chi connectivity index (χ4v) is 0.429. The second-order valence-corrected chi connectivity index (χ2v) is 1.69. The van der Waals surface area contributed by atoms with Crippen molar-refractivity contribution < 1.29 is 4.74 Å². The molecule has 0 spiro atoms. The molecular weight excluding hydrogens is 116 g/mol. The highest BCUT2D eigenvalue weighted by Gasteiger charge is 1.95. The summed E-state index contributed by atoms with van der Waals surface area (Å²) in [5, 5.41) is 0. The van der Waals surface area contributed by atoms with Gasteiger partial charge in [0.15, 0.2) is 0 Å². The van der Waals surface area contributed by atoms with Crippen LogP contribution < -0.4 is 0 Å². The summed E-state index contributed by atoms with van der Waals surface area (Å²) >= 11 is 0. The first-order valence-corrected chi connectivity index (χ1v) is 2.62. The fraction of sp³-hybridized carbons (Fsp3) is 0.500. The Morgan fingerprint density at radius 1 is 1.67 bits per heavy atom. The molecule has 0 aromatic carbocycles. The molecule has 3 heteroatoms. The van der Waals surface area contributed by atoms with E-state index in [9.17, 15) is 0 Å². The van der Waals surface area contributed by atoms with Crippen molar-refractivity contribution in [3.05, 3.63) is 12.8 Å². The van der Waals surface area contributed by atoms with Gasteiger partial charge in [0.2, 0.25) is 0 Å². The van der Waals surface area contributed by atoms with E-state index in [1.807, 2.05) is 14.1 Å². The zero-order chi connectivity index (χ0) is 7.28. The van der Waals surface area contributed by atoms with Gasteiger partial charge in [0.1, 0.15) is 0 Å². The van der Waals surface area contributed by atoms with E-state index in [0.717, 1.165) is 0 Å². The summed E-state index contributed by atoms with van der Waals surface area (Å²) in [5.74, 6) is 0. The predicted octanol–water partition coefficient (Wildman–Crippen LogP) is 0.694. The maximum Gasteiger partial charge on any atom is 0.291 e. The van der Waals surface area contributed by atoms with Crippen molar-refractivity contribution in [2.45, 2.75) is 0 Å². The van der Waals surface area contributed by atoms with Gasteiger partial charge in [-0.15, -0.1) is 0 Å². The maximum absolute atomic E-state index is 4.86. The normalized spacial score (nSPS) is 10.8. The van der Waals surface area contributed by atoms with Crippen molar-refractivity contribution in [1.82, 2.24) is 4.90 Å². The molecule has 0 aliphatic heterocycles. The molecule has 0 N–H and O–H groups in total. The lowest BCUT2D eigenvalue weighted by Crippen LogP contribution is -2.22. The third-order valence-electron chi connectivity index (χ3n) is 0.767. The summed E-state index contributed by atoms with van der Waals surface area (Å²) in [4.78, 5) is 5.59. The Morgan fingerprint density at radius 3 is 2.33 bits per heavy atom. The standard InChI is InChI=1S/C6H12N2O/c1-5-7-6(9-4)8(2)3/h5H,1H2,2-4H3/b7-6+. The van der Waals surface area contributed by atoms with E-state index in [4.69, 9.17) is 4.74 Å². The Kier molecular flexibility index (Phi) is 3.51. The number of hydrogen-bond donors (Lipinski definition) is 0. The number of methoxy groups -OCH3 is 1. The SMILES string of the molecule is C=C/N=C(/OC)N(C)C. The van der Waals surface area contributed by atoms with Gasteiger partial charge in [-0.1, -0.05) is 6.58 Å². The minimum atomic E-state index is 0.560. The average Bonchev–Trinajstić information content (AvgIpc) is 1.82. The van der Waals surface area contributed by atoms with Gasteiger partial charge < -0.3 is 9.64 Å². The van der Waals surface area contributed by atoms with E-state index < -0.39 is 0 Å². The summed E-state index contributed by atoms with van der Waals surface area (Å²) < 4.78 is 4.86. The molecule has 9 heavy (non-hydrogen) atoms. The predicted molar refractivity (Wildman–Crippen MR) is 38.3 cm³/mol. The second-order valence-electron chi connectivity index (χ2n) is 1.69. The maximum atomic E-state index is 4.86. The van der Waals surface area contributed by atoms with Crippen LogP contribution in [0.2, 0.25) is 0 Å². The van der Waals surface area contributed by atoms with Gasteiger partial charge in [-0.3, -0.25) is 0 Å². The molecule has 0 saturated carbocycles. The van der Waals surface area contributed by atoms with Gasteiger partial charge in [-0.2, -0.15) is 0 Å². The monoisotopic (exact) mass is 128 g/mol. The summed E-state index contributed by atoms with van der Waals surface area (Å²) in [6.07, 6.45) is 1.44. The quantitative estimate of drug-likeness (QED) is 0.383. The lowest BCUT2D eigenvalue weighted by Gasteiger charge is -2.11. The first kappa shape index (κ1) is 8.01. The van der Waals surface area contributed by atoms with Crippen molar-refractivity contribution in [3.8, 4) is 0 Å². The minimum absolute atomic E-state index is 0.560. The third kappa shape index (κ3) is 2.74. The van der Waals surface area contributed by atoms with Gasteiger partial charge in [0, 0.05) is 20.3 Å². The summed E-state index contributed by atoms with van der Waals surface area (Å²) in [5.41, 5.74) is 0. The smallest absolute Gasteiger partial charge is 0.291 e. The lowest BCUT2D eigenvalue weighted by molar-refractivity contribution is 0.331. The highest BCUT2D eigenvalue weighted by Crippen LogP contribution is 1.84. The number of hydrogen-bond acceptors (Lipinski definition) is 2. The van der Waals surface area contributed by atoms with Crippen LogP contribution in [-0.2, 0) is 4.74 Å². The highest BCUT2D eigenvalue weighted by atomic mass is 16.5. The van der Waals surface area contributed by atoms with E-state index in [2.05, 4.69) is 11.6 Å². The number of nitrogens with zero attached hydrogens (tertiary/aromatic N) is 2. The van der Waals surface area contributed by atoms with Crippen LogP contribution in [0.1, 0.15) is 0 Å². The first-order chi connectivity index (χ1) is 4.22. The minimum Gasteiger partial charge on any atom is -0.468 e. The molecule has 0 aromatic rings. The van der Waals surface area contributed by atoms with Crippen LogP contribution in [0.3, 0.4) is 0 Å². The van der Waals surface area contributed by atoms with Crippen molar-refractivity contribution >= 4 is 6.02 Å². The van der Waals surface area contributed by atoms with Gasteiger partial charge in [-0.25, -0.2) is 4.99 Å². The summed E-state index contributed by atoms with van der Waals surface area (Å²) in [6.45, 7) is 3.44. The topological polar surface area (TPSA) is 24.8 Å². The summed E-state index contributed by atoms with van der Waals surface area (Å²) in [6, 6.07) is 0.560. The molecule has 0 aliphatic rings. The third-order valence-corrected chi connectivity index (χ3v) is 0.767.